The molecule has 0 spiro atoms. The number of benzene rings is 1. The Morgan fingerprint density at radius 1 is 1.55 bits per heavy atom. The molecule has 0 radical (unpaired) electrons. The van der Waals surface area contributed by atoms with E-state index in [0.717, 1.165) is 25.9 Å². The molecule has 2 rings (SSSR count). The molecule has 1 unspecified atom stereocenters. The number of carbonyl (C=O) groups is 1. The standard InChI is InChI=1S/C14H20ClN3O2/c15-12-2-1-11(16)7-13(12)17-14(20)9-18-5-3-10(8-18)4-6-19/h1-2,7,10,19H,3-6,8-9,16H2,(H,17,20). The maximum atomic E-state index is 12.0. The summed E-state index contributed by atoms with van der Waals surface area (Å²) in [7, 11) is 0. The average Bonchev–Trinajstić information content (AvgIpc) is 2.81. The summed E-state index contributed by atoms with van der Waals surface area (Å²) in [6.07, 6.45) is 1.84. The van der Waals surface area contributed by atoms with Gasteiger partial charge in [0, 0.05) is 18.8 Å². The molecule has 1 aromatic rings. The number of likely N-dealkylation sites (tertiary alicyclic amines) is 1. The molecule has 6 heteroatoms. The van der Waals surface area contributed by atoms with Crippen molar-refractivity contribution in [2.75, 3.05) is 37.3 Å². The Bertz CT molecular complexity index is 481. The zero-order valence-electron chi connectivity index (χ0n) is 11.3. The minimum atomic E-state index is -0.0952. The molecule has 20 heavy (non-hydrogen) atoms. The number of rotatable bonds is 5. The third-order valence-corrected chi connectivity index (χ3v) is 3.87. The highest BCUT2D eigenvalue weighted by Crippen LogP contribution is 2.24. The van der Waals surface area contributed by atoms with Crippen LogP contribution >= 0.6 is 11.6 Å². The number of aliphatic hydroxyl groups is 1. The van der Waals surface area contributed by atoms with E-state index in [2.05, 4.69) is 10.2 Å². The van der Waals surface area contributed by atoms with Crippen LogP contribution in [0, 0.1) is 5.92 Å². The van der Waals surface area contributed by atoms with E-state index < -0.39 is 0 Å². The van der Waals surface area contributed by atoms with Crippen LogP contribution in [0.1, 0.15) is 12.8 Å². The average molecular weight is 298 g/mol. The van der Waals surface area contributed by atoms with Crippen molar-refractivity contribution in [1.29, 1.82) is 0 Å². The zero-order chi connectivity index (χ0) is 14.5. The number of carbonyl (C=O) groups excluding carboxylic acids is 1. The second-order valence-corrected chi connectivity index (χ2v) is 5.60. The minimum absolute atomic E-state index is 0.0952. The van der Waals surface area contributed by atoms with E-state index in [0.29, 0.717) is 28.9 Å². The molecule has 1 heterocycles. The number of hydrogen-bond acceptors (Lipinski definition) is 4. The van der Waals surface area contributed by atoms with Crippen LogP contribution in [-0.4, -0.2) is 42.2 Å². The maximum Gasteiger partial charge on any atom is 0.238 e. The highest BCUT2D eigenvalue weighted by atomic mass is 35.5. The molecule has 0 aliphatic carbocycles. The Morgan fingerprint density at radius 2 is 2.35 bits per heavy atom. The molecule has 110 valence electrons. The summed E-state index contributed by atoms with van der Waals surface area (Å²) in [6.45, 7) is 2.30. The third-order valence-electron chi connectivity index (χ3n) is 3.54. The first-order chi connectivity index (χ1) is 9.58. The van der Waals surface area contributed by atoms with Gasteiger partial charge in [0.25, 0.3) is 0 Å². The highest BCUT2D eigenvalue weighted by Gasteiger charge is 2.23. The number of aliphatic hydroxyl groups excluding tert-OH is 1. The first-order valence-corrected chi connectivity index (χ1v) is 7.14. The molecule has 1 aliphatic rings. The molecular formula is C14H20ClN3O2. The Kier molecular flexibility index (Phi) is 5.23. The van der Waals surface area contributed by atoms with Crippen molar-refractivity contribution in [3.05, 3.63) is 23.2 Å². The normalized spacial score (nSPS) is 19.2. The minimum Gasteiger partial charge on any atom is -0.399 e. The van der Waals surface area contributed by atoms with Crippen molar-refractivity contribution in [2.24, 2.45) is 5.92 Å². The van der Waals surface area contributed by atoms with Crippen LogP contribution in [0.2, 0.25) is 5.02 Å². The van der Waals surface area contributed by atoms with Gasteiger partial charge in [-0.15, -0.1) is 0 Å². The molecule has 0 saturated carbocycles. The lowest BCUT2D eigenvalue weighted by Gasteiger charge is -2.16. The van der Waals surface area contributed by atoms with Gasteiger partial charge in [-0.1, -0.05) is 11.6 Å². The second kappa shape index (κ2) is 6.92. The number of amides is 1. The maximum absolute atomic E-state index is 12.0. The van der Waals surface area contributed by atoms with Gasteiger partial charge in [0.2, 0.25) is 5.91 Å². The van der Waals surface area contributed by atoms with E-state index in [-0.39, 0.29) is 12.5 Å². The fraction of sp³-hybridized carbons (Fsp3) is 0.500. The number of nitrogen functional groups attached to an aromatic ring is 1. The van der Waals surface area contributed by atoms with Gasteiger partial charge >= 0.3 is 0 Å². The smallest absolute Gasteiger partial charge is 0.238 e. The Hall–Kier alpha value is -1.30. The number of nitrogens with zero attached hydrogens (tertiary/aromatic N) is 1. The molecule has 1 fully saturated rings. The van der Waals surface area contributed by atoms with Gasteiger partial charge in [-0.05, 0) is 43.5 Å². The van der Waals surface area contributed by atoms with Gasteiger partial charge in [-0.25, -0.2) is 0 Å². The van der Waals surface area contributed by atoms with Crippen LogP contribution in [-0.2, 0) is 4.79 Å². The zero-order valence-corrected chi connectivity index (χ0v) is 12.1. The quantitative estimate of drug-likeness (QED) is 0.721. The second-order valence-electron chi connectivity index (χ2n) is 5.19. The molecule has 1 atom stereocenters. The van der Waals surface area contributed by atoms with Gasteiger partial charge in [-0.2, -0.15) is 0 Å². The number of nitrogens with two attached hydrogens (primary N) is 1. The SMILES string of the molecule is Nc1ccc(Cl)c(NC(=O)CN2CCC(CCO)C2)c1. The number of hydrogen-bond donors (Lipinski definition) is 3. The predicted molar refractivity (Wildman–Crippen MR) is 80.7 cm³/mol. The summed E-state index contributed by atoms with van der Waals surface area (Å²) in [6, 6.07) is 5.01. The fourth-order valence-electron chi connectivity index (χ4n) is 2.51. The van der Waals surface area contributed by atoms with Gasteiger partial charge in [-0.3, -0.25) is 9.69 Å². The van der Waals surface area contributed by atoms with Gasteiger partial charge < -0.3 is 16.2 Å². The monoisotopic (exact) mass is 297 g/mol. The number of nitrogens with one attached hydrogen (secondary N) is 1. The van der Waals surface area contributed by atoms with Crippen molar-refractivity contribution in [2.45, 2.75) is 12.8 Å². The number of halogens is 1. The summed E-state index contributed by atoms with van der Waals surface area (Å²) < 4.78 is 0. The molecule has 1 aliphatic heterocycles. The van der Waals surface area contributed by atoms with Crippen LogP contribution in [0.25, 0.3) is 0 Å². The van der Waals surface area contributed by atoms with E-state index in [4.69, 9.17) is 22.4 Å². The van der Waals surface area contributed by atoms with E-state index >= 15 is 0 Å². The van der Waals surface area contributed by atoms with Crippen LogP contribution < -0.4 is 11.1 Å². The third kappa shape index (κ3) is 4.10. The summed E-state index contributed by atoms with van der Waals surface area (Å²) in [4.78, 5) is 14.1. The lowest BCUT2D eigenvalue weighted by Crippen LogP contribution is -2.31. The first kappa shape index (κ1) is 15.1. The molecule has 0 aromatic heterocycles. The lowest BCUT2D eigenvalue weighted by atomic mass is 10.1. The molecular weight excluding hydrogens is 278 g/mol. The van der Waals surface area contributed by atoms with Gasteiger partial charge in [0.05, 0.1) is 17.3 Å². The Morgan fingerprint density at radius 3 is 3.10 bits per heavy atom. The van der Waals surface area contributed by atoms with E-state index in [1.807, 2.05) is 0 Å². The summed E-state index contributed by atoms with van der Waals surface area (Å²) in [5, 5.41) is 12.2. The van der Waals surface area contributed by atoms with Crippen molar-refractivity contribution in [3.63, 3.8) is 0 Å². The molecule has 4 N–H and O–H groups in total. The first-order valence-electron chi connectivity index (χ1n) is 6.76. The number of anilines is 2. The van der Waals surface area contributed by atoms with Gasteiger partial charge in [0.15, 0.2) is 0 Å². The molecule has 0 bridgehead atoms. The van der Waals surface area contributed by atoms with Gasteiger partial charge in [0.1, 0.15) is 0 Å². The largest absolute Gasteiger partial charge is 0.399 e. The van der Waals surface area contributed by atoms with E-state index in [9.17, 15) is 4.79 Å². The fourth-order valence-corrected chi connectivity index (χ4v) is 2.67. The lowest BCUT2D eigenvalue weighted by molar-refractivity contribution is -0.117. The van der Waals surface area contributed by atoms with Crippen molar-refractivity contribution >= 4 is 28.9 Å². The van der Waals surface area contributed by atoms with Crippen molar-refractivity contribution < 1.29 is 9.90 Å². The molecule has 5 nitrogen and oxygen atoms in total. The predicted octanol–water partition coefficient (Wildman–Crippen LogP) is 1.56. The van der Waals surface area contributed by atoms with Crippen LogP contribution in [0.15, 0.2) is 18.2 Å². The summed E-state index contributed by atoms with van der Waals surface area (Å²) in [5.41, 5.74) is 6.78. The van der Waals surface area contributed by atoms with Crippen LogP contribution in [0.4, 0.5) is 11.4 Å². The summed E-state index contributed by atoms with van der Waals surface area (Å²) in [5.74, 6) is 0.394. The van der Waals surface area contributed by atoms with Crippen LogP contribution in [0.3, 0.4) is 0 Å². The molecule has 1 aromatic carbocycles. The van der Waals surface area contributed by atoms with E-state index in [1.54, 1.807) is 18.2 Å². The highest BCUT2D eigenvalue weighted by molar-refractivity contribution is 6.33. The Labute approximate surface area is 123 Å². The van der Waals surface area contributed by atoms with Crippen molar-refractivity contribution in [1.82, 2.24) is 4.90 Å². The van der Waals surface area contributed by atoms with Crippen molar-refractivity contribution in [3.8, 4) is 0 Å². The molecule has 1 amide bonds. The van der Waals surface area contributed by atoms with E-state index in [1.165, 1.54) is 0 Å². The Balaban J connectivity index is 1.85. The van der Waals surface area contributed by atoms with Crippen LogP contribution in [0.5, 0.6) is 0 Å². The molecule has 1 saturated heterocycles. The topological polar surface area (TPSA) is 78.6 Å². The summed E-state index contributed by atoms with van der Waals surface area (Å²) >= 11 is 6.01.